The van der Waals surface area contributed by atoms with Crippen LogP contribution in [-0.4, -0.2) is 20.8 Å². The lowest BCUT2D eigenvalue weighted by atomic mass is 10.1. The van der Waals surface area contributed by atoms with E-state index in [4.69, 9.17) is 10.5 Å². The van der Waals surface area contributed by atoms with Crippen LogP contribution in [-0.2, 0) is 14.1 Å². The molecule has 0 fully saturated rings. The van der Waals surface area contributed by atoms with Gasteiger partial charge in [0.1, 0.15) is 5.75 Å². The molecule has 142 valence electrons. The van der Waals surface area contributed by atoms with Crippen LogP contribution in [0.5, 0.6) is 5.75 Å². The van der Waals surface area contributed by atoms with E-state index >= 15 is 0 Å². The molecule has 0 unspecified atom stereocenters. The zero-order chi connectivity index (χ0) is 20.0. The molecule has 0 spiro atoms. The standard InChI is InChI=1S/C21H20N4O3/c1-23-17-12-25(16-7-5-4-6-15(16)22)19(13-8-10-14(28-3)11-9-13)18(17)20(26)24(2)21(23)27/h4-12H,22H2,1-3H3. The van der Waals surface area contributed by atoms with Gasteiger partial charge in [0.05, 0.1) is 35.1 Å². The molecule has 0 saturated heterocycles. The highest BCUT2D eigenvalue weighted by molar-refractivity contribution is 5.95. The number of nitrogens with zero attached hydrogens (tertiary/aromatic N) is 3. The van der Waals surface area contributed by atoms with E-state index in [0.717, 1.165) is 15.8 Å². The lowest BCUT2D eigenvalue weighted by Crippen LogP contribution is -2.36. The van der Waals surface area contributed by atoms with E-state index in [0.29, 0.717) is 28.0 Å². The number of ether oxygens (including phenoxy) is 1. The Morgan fingerprint density at radius 3 is 2.25 bits per heavy atom. The van der Waals surface area contributed by atoms with E-state index in [9.17, 15) is 9.59 Å². The molecule has 2 N–H and O–H groups in total. The fourth-order valence-electron chi connectivity index (χ4n) is 3.47. The van der Waals surface area contributed by atoms with Crippen molar-refractivity contribution in [3.05, 3.63) is 75.6 Å². The smallest absolute Gasteiger partial charge is 0.330 e. The van der Waals surface area contributed by atoms with Gasteiger partial charge in [0.25, 0.3) is 5.56 Å². The van der Waals surface area contributed by atoms with Gasteiger partial charge in [-0.2, -0.15) is 0 Å². The summed E-state index contributed by atoms with van der Waals surface area (Å²) in [6.45, 7) is 0. The molecule has 28 heavy (non-hydrogen) atoms. The van der Waals surface area contributed by atoms with Gasteiger partial charge in [0.2, 0.25) is 0 Å². The van der Waals surface area contributed by atoms with Crippen LogP contribution in [0.2, 0.25) is 0 Å². The topological polar surface area (TPSA) is 84.2 Å². The number of nitrogen functional groups attached to an aromatic ring is 1. The third-order valence-electron chi connectivity index (χ3n) is 5.00. The predicted octanol–water partition coefficient (Wildman–Crippen LogP) is 2.29. The van der Waals surface area contributed by atoms with Crippen molar-refractivity contribution < 1.29 is 4.74 Å². The normalized spacial score (nSPS) is 11.1. The Morgan fingerprint density at radius 2 is 1.61 bits per heavy atom. The fraction of sp³-hybridized carbons (Fsp3) is 0.143. The number of methoxy groups -OCH3 is 1. The number of aromatic nitrogens is 3. The summed E-state index contributed by atoms with van der Waals surface area (Å²) in [5, 5.41) is 0.456. The van der Waals surface area contributed by atoms with E-state index in [1.807, 2.05) is 47.0 Å². The van der Waals surface area contributed by atoms with Crippen molar-refractivity contribution in [3.63, 3.8) is 0 Å². The van der Waals surface area contributed by atoms with Gasteiger partial charge in [0.15, 0.2) is 0 Å². The highest BCUT2D eigenvalue weighted by atomic mass is 16.5. The van der Waals surface area contributed by atoms with Crippen molar-refractivity contribution in [1.29, 1.82) is 0 Å². The molecular weight excluding hydrogens is 356 g/mol. The first-order valence-electron chi connectivity index (χ1n) is 8.74. The Morgan fingerprint density at radius 1 is 0.929 bits per heavy atom. The summed E-state index contributed by atoms with van der Waals surface area (Å²) >= 11 is 0. The van der Waals surface area contributed by atoms with E-state index in [-0.39, 0.29) is 11.2 Å². The molecule has 0 aliphatic carbocycles. The molecule has 0 amide bonds. The van der Waals surface area contributed by atoms with Crippen molar-refractivity contribution >= 4 is 16.6 Å². The lowest BCUT2D eigenvalue weighted by molar-refractivity contribution is 0.415. The van der Waals surface area contributed by atoms with Crippen molar-refractivity contribution in [1.82, 2.24) is 13.7 Å². The van der Waals surface area contributed by atoms with Gasteiger partial charge < -0.3 is 15.0 Å². The summed E-state index contributed by atoms with van der Waals surface area (Å²) in [6, 6.07) is 14.8. The molecule has 2 aromatic heterocycles. The number of anilines is 1. The largest absolute Gasteiger partial charge is 0.497 e. The fourth-order valence-corrected chi connectivity index (χ4v) is 3.47. The maximum absolute atomic E-state index is 13.0. The second kappa shape index (κ2) is 6.45. The number of rotatable bonds is 3. The summed E-state index contributed by atoms with van der Waals surface area (Å²) in [5.74, 6) is 0.714. The number of benzene rings is 2. The van der Waals surface area contributed by atoms with Crippen LogP contribution >= 0.6 is 0 Å². The highest BCUT2D eigenvalue weighted by Gasteiger charge is 2.21. The number of aryl methyl sites for hydroxylation is 1. The van der Waals surface area contributed by atoms with E-state index in [1.165, 1.54) is 11.6 Å². The molecule has 0 saturated carbocycles. The summed E-state index contributed by atoms with van der Waals surface area (Å²) in [5.41, 5.74) is 8.82. The number of hydrogen-bond donors (Lipinski definition) is 1. The van der Waals surface area contributed by atoms with Crippen LogP contribution < -0.4 is 21.7 Å². The zero-order valence-electron chi connectivity index (χ0n) is 15.8. The Hall–Kier alpha value is -3.74. The molecule has 0 aliphatic heterocycles. The molecule has 7 heteroatoms. The van der Waals surface area contributed by atoms with Crippen molar-refractivity contribution in [2.45, 2.75) is 0 Å². The molecule has 0 atom stereocenters. The average molecular weight is 376 g/mol. The molecule has 0 bridgehead atoms. The van der Waals surface area contributed by atoms with Gasteiger partial charge in [-0.1, -0.05) is 12.1 Å². The van der Waals surface area contributed by atoms with Crippen molar-refractivity contribution in [2.75, 3.05) is 12.8 Å². The summed E-state index contributed by atoms with van der Waals surface area (Å²) in [6.07, 6.45) is 1.78. The van der Waals surface area contributed by atoms with Gasteiger partial charge in [0, 0.05) is 20.3 Å². The summed E-state index contributed by atoms with van der Waals surface area (Å²) in [7, 11) is 4.74. The molecule has 4 rings (SSSR count). The second-order valence-corrected chi connectivity index (χ2v) is 6.60. The maximum atomic E-state index is 13.0. The highest BCUT2D eigenvalue weighted by Crippen LogP contribution is 2.33. The van der Waals surface area contributed by atoms with Gasteiger partial charge in [-0.05, 0) is 42.0 Å². The number of fused-ring (bicyclic) bond motifs is 1. The quantitative estimate of drug-likeness (QED) is 0.556. The third-order valence-corrected chi connectivity index (χ3v) is 5.00. The number of para-hydroxylation sites is 2. The lowest BCUT2D eigenvalue weighted by Gasteiger charge is -2.12. The van der Waals surface area contributed by atoms with Gasteiger partial charge in [-0.3, -0.25) is 13.9 Å². The van der Waals surface area contributed by atoms with E-state index in [1.54, 1.807) is 26.4 Å². The Balaban J connectivity index is 2.18. The monoisotopic (exact) mass is 376 g/mol. The van der Waals surface area contributed by atoms with Crippen molar-refractivity contribution in [3.8, 4) is 22.7 Å². The molecule has 2 aromatic carbocycles. The van der Waals surface area contributed by atoms with Crippen LogP contribution in [0.1, 0.15) is 0 Å². The number of nitrogens with two attached hydrogens (primary N) is 1. The van der Waals surface area contributed by atoms with Crippen LogP contribution in [0.15, 0.2) is 64.3 Å². The van der Waals surface area contributed by atoms with Gasteiger partial charge in [-0.15, -0.1) is 0 Å². The first kappa shape index (κ1) is 17.7. The Kier molecular flexibility index (Phi) is 4.07. The minimum Gasteiger partial charge on any atom is -0.497 e. The zero-order valence-corrected chi connectivity index (χ0v) is 15.8. The van der Waals surface area contributed by atoms with Crippen molar-refractivity contribution in [2.24, 2.45) is 14.1 Å². The van der Waals surface area contributed by atoms with Gasteiger partial charge >= 0.3 is 5.69 Å². The van der Waals surface area contributed by atoms with Crippen LogP contribution in [0.4, 0.5) is 5.69 Å². The number of hydrogen-bond acceptors (Lipinski definition) is 4. The Bertz CT molecular complexity index is 1310. The maximum Gasteiger partial charge on any atom is 0.330 e. The second-order valence-electron chi connectivity index (χ2n) is 6.60. The van der Waals surface area contributed by atoms with E-state index < -0.39 is 0 Å². The van der Waals surface area contributed by atoms with Crippen LogP contribution in [0, 0.1) is 0 Å². The average Bonchev–Trinajstić information content (AvgIpc) is 3.11. The molecule has 4 aromatic rings. The van der Waals surface area contributed by atoms with Crippen LogP contribution in [0.3, 0.4) is 0 Å². The molecule has 0 aliphatic rings. The first-order valence-corrected chi connectivity index (χ1v) is 8.74. The molecule has 7 nitrogen and oxygen atoms in total. The van der Waals surface area contributed by atoms with Gasteiger partial charge in [-0.25, -0.2) is 4.79 Å². The first-order chi connectivity index (χ1) is 13.4. The summed E-state index contributed by atoms with van der Waals surface area (Å²) in [4.78, 5) is 25.5. The predicted molar refractivity (Wildman–Crippen MR) is 110 cm³/mol. The third kappa shape index (κ3) is 2.51. The summed E-state index contributed by atoms with van der Waals surface area (Å²) < 4.78 is 9.70. The van der Waals surface area contributed by atoms with E-state index in [2.05, 4.69) is 0 Å². The van der Waals surface area contributed by atoms with Crippen LogP contribution in [0.25, 0.3) is 27.8 Å². The SMILES string of the molecule is COc1ccc(-c2c3c(=O)n(C)c(=O)n(C)c3cn2-c2ccccc2N)cc1. The minimum absolute atomic E-state index is 0.350. The molecule has 0 radical (unpaired) electrons. The molecular formula is C21H20N4O3. The minimum atomic E-state index is -0.378. The Labute approximate surface area is 160 Å². The molecule has 2 heterocycles.